The number of carbonyl (C=O) groups excluding carboxylic acids is 2. The van der Waals surface area contributed by atoms with E-state index < -0.39 is 16.6 Å². The van der Waals surface area contributed by atoms with Crippen molar-refractivity contribution in [1.29, 1.82) is 0 Å². The number of hydrogen-bond acceptors (Lipinski definition) is 6. The van der Waals surface area contributed by atoms with Crippen LogP contribution in [0.3, 0.4) is 0 Å². The molecule has 2 bridgehead atoms. The third-order valence-electron chi connectivity index (χ3n) is 5.19. The molecule has 1 aliphatic rings. The molecule has 1 aromatic rings. The minimum atomic E-state index is -1.02. The first kappa shape index (κ1) is 24.1. The highest BCUT2D eigenvalue weighted by molar-refractivity contribution is 7.81. The number of aromatic nitrogens is 1. The monoisotopic (exact) mass is 448 g/mol. The maximum atomic E-state index is 12.7. The van der Waals surface area contributed by atoms with E-state index in [1.54, 1.807) is 25.2 Å². The van der Waals surface area contributed by atoms with Gasteiger partial charge in [0.05, 0.1) is 17.7 Å². The first-order chi connectivity index (χ1) is 14.1. The number of rotatable bonds is 2. The van der Waals surface area contributed by atoms with E-state index in [0.717, 1.165) is 16.3 Å². The number of ketones is 1. The van der Waals surface area contributed by atoms with Gasteiger partial charge < -0.3 is 10.4 Å². The number of fused-ring (bicyclic) bond motifs is 2. The van der Waals surface area contributed by atoms with Gasteiger partial charge in [0.25, 0.3) is 0 Å². The lowest BCUT2D eigenvalue weighted by atomic mass is 9.84. The average molecular weight is 449 g/mol. The molecule has 2 N–H and O–H groups in total. The Kier molecular flexibility index (Phi) is 8.61. The van der Waals surface area contributed by atoms with Crippen molar-refractivity contribution >= 4 is 47.7 Å². The number of carboxylic acids is 1. The smallest absolute Gasteiger partial charge is 0.307 e. The van der Waals surface area contributed by atoms with Crippen molar-refractivity contribution in [2.45, 2.75) is 57.2 Å². The normalized spacial score (nSPS) is 27.9. The van der Waals surface area contributed by atoms with Crippen molar-refractivity contribution < 1.29 is 19.5 Å². The van der Waals surface area contributed by atoms with Gasteiger partial charge in [-0.05, 0) is 38.8 Å². The predicted molar refractivity (Wildman–Crippen MR) is 123 cm³/mol. The molecule has 162 valence electrons. The molecule has 6 nitrogen and oxygen atoms in total. The molecular formula is C22H28N2O4S2. The lowest BCUT2D eigenvalue weighted by Crippen LogP contribution is -2.41. The Labute approximate surface area is 186 Å². The Hall–Kier alpha value is -2.19. The zero-order chi connectivity index (χ0) is 22.3. The number of allylic oxidation sites excluding steroid dienone is 5. The molecule has 0 saturated heterocycles. The second-order valence-electron chi connectivity index (χ2n) is 7.68. The van der Waals surface area contributed by atoms with Crippen molar-refractivity contribution in [3.8, 4) is 0 Å². The third-order valence-corrected chi connectivity index (χ3v) is 7.01. The molecule has 2 rings (SSSR count). The molecule has 8 heteroatoms. The Bertz CT molecular complexity index is 887. The fourth-order valence-electron chi connectivity index (χ4n) is 3.07. The molecule has 0 fully saturated rings. The highest BCUT2D eigenvalue weighted by atomic mass is 32.1. The zero-order valence-electron chi connectivity index (χ0n) is 17.4. The Morgan fingerprint density at radius 1 is 1.37 bits per heavy atom. The van der Waals surface area contributed by atoms with E-state index in [4.69, 9.17) is 0 Å². The van der Waals surface area contributed by atoms with Gasteiger partial charge in [-0.2, -0.15) is 12.6 Å². The number of hydrogen-bond donors (Lipinski definition) is 3. The van der Waals surface area contributed by atoms with Gasteiger partial charge >= 0.3 is 5.97 Å². The summed E-state index contributed by atoms with van der Waals surface area (Å²) < 4.78 is -1.02. The largest absolute Gasteiger partial charge is 0.481 e. The van der Waals surface area contributed by atoms with Gasteiger partial charge in [-0.25, -0.2) is 4.98 Å². The van der Waals surface area contributed by atoms with Gasteiger partial charge in [-0.1, -0.05) is 30.7 Å². The van der Waals surface area contributed by atoms with Gasteiger partial charge in [-0.15, -0.1) is 11.3 Å². The van der Waals surface area contributed by atoms with Crippen molar-refractivity contribution in [1.82, 2.24) is 10.3 Å². The highest BCUT2D eigenvalue weighted by Gasteiger charge is 2.39. The molecule has 0 spiro atoms. The molecule has 0 saturated carbocycles. The van der Waals surface area contributed by atoms with E-state index >= 15 is 0 Å². The summed E-state index contributed by atoms with van der Waals surface area (Å²) in [6, 6.07) is -0.306. The molecule has 1 aliphatic heterocycles. The van der Waals surface area contributed by atoms with Gasteiger partial charge in [-0.3, -0.25) is 14.4 Å². The summed E-state index contributed by atoms with van der Waals surface area (Å²) in [5.41, 5.74) is 1.71. The summed E-state index contributed by atoms with van der Waals surface area (Å²) in [6.07, 6.45) is 9.82. The van der Waals surface area contributed by atoms with Gasteiger partial charge in [0.2, 0.25) is 5.91 Å². The van der Waals surface area contributed by atoms with Crippen LogP contribution in [0.4, 0.5) is 0 Å². The van der Waals surface area contributed by atoms with E-state index in [0.29, 0.717) is 12.8 Å². The van der Waals surface area contributed by atoms with Crippen LogP contribution in [0.2, 0.25) is 0 Å². The van der Waals surface area contributed by atoms with Crippen molar-refractivity contribution in [2.75, 3.05) is 0 Å². The van der Waals surface area contributed by atoms with E-state index in [1.807, 2.05) is 25.3 Å². The number of nitrogens with zero attached hydrogens (tertiary/aromatic N) is 1. The summed E-state index contributed by atoms with van der Waals surface area (Å²) in [7, 11) is 0. The molecular weight excluding hydrogens is 420 g/mol. The second kappa shape index (κ2) is 10.7. The van der Waals surface area contributed by atoms with Crippen LogP contribution in [0.15, 0.2) is 35.3 Å². The first-order valence-electron chi connectivity index (χ1n) is 9.84. The molecule has 0 aromatic carbocycles. The average Bonchev–Trinajstić information content (AvgIpc) is 3.15. The fraction of sp³-hybridized carbons (Fsp3) is 0.455. The maximum Gasteiger partial charge on any atom is 0.307 e. The van der Waals surface area contributed by atoms with Crippen LogP contribution < -0.4 is 5.32 Å². The molecule has 1 amide bonds. The summed E-state index contributed by atoms with van der Waals surface area (Å²) in [5, 5.41) is 15.1. The topological polar surface area (TPSA) is 96.4 Å². The number of amides is 1. The van der Waals surface area contributed by atoms with Crippen LogP contribution >= 0.6 is 24.0 Å². The predicted octanol–water partition coefficient (Wildman–Crippen LogP) is 4.37. The lowest BCUT2D eigenvalue weighted by Gasteiger charge is -2.32. The standard InChI is InChI=1S/C22H28N2O4S2/c1-14-8-9-18(25)7-5-4-6-17-13-30-20(24-17)16(3)23-19(26)12-22(29,11-10-14)15(2)21(27)28/h4-8,13,15-16,29H,9-12H2,1-3H3,(H,23,26)(H,27,28)/b6-4?,7-5+,14-8+/t15-,16+,22+/m0/s1. The van der Waals surface area contributed by atoms with Crippen LogP contribution in [-0.2, 0) is 14.4 Å². The van der Waals surface area contributed by atoms with Crippen LogP contribution in [-0.4, -0.2) is 32.5 Å². The Morgan fingerprint density at radius 2 is 2.07 bits per heavy atom. The van der Waals surface area contributed by atoms with E-state index in [-0.39, 0.29) is 30.6 Å². The molecule has 3 atom stereocenters. The van der Waals surface area contributed by atoms with E-state index in [2.05, 4.69) is 22.9 Å². The number of nitrogens with one attached hydrogen (secondary N) is 1. The van der Waals surface area contributed by atoms with E-state index in [9.17, 15) is 19.5 Å². The van der Waals surface area contributed by atoms with Crippen molar-refractivity contribution in [2.24, 2.45) is 5.92 Å². The number of thiazole rings is 1. The minimum Gasteiger partial charge on any atom is -0.481 e. The van der Waals surface area contributed by atoms with Crippen molar-refractivity contribution in [3.63, 3.8) is 0 Å². The van der Waals surface area contributed by atoms with Gasteiger partial charge in [0.15, 0.2) is 5.78 Å². The number of carboxylic acid groups (broad SMARTS) is 1. The molecule has 0 aliphatic carbocycles. The van der Waals surface area contributed by atoms with Crippen molar-refractivity contribution in [3.05, 3.63) is 46.0 Å². The zero-order valence-corrected chi connectivity index (χ0v) is 19.1. The lowest BCUT2D eigenvalue weighted by molar-refractivity contribution is -0.142. The number of aliphatic carboxylic acids is 1. The first-order valence-corrected chi connectivity index (χ1v) is 11.2. The number of carbonyl (C=O) groups is 3. The third kappa shape index (κ3) is 6.95. The molecule has 2 heterocycles. The van der Waals surface area contributed by atoms with Crippen LogP contribution in [0, 0.1) is 5.92 Å². The quantitative estimate of drug-likeness (QED) is 0.461. The minimum absolute atomic E-state index is 0.0249. The number of thiol groups is 1. The summed E-state index contributed by atoms with van der Waals surface area (Å²) >= 11 is 6.09. The summed E-state index contributed by atoms with van der Waals surface area (Å²) in [6.45, 7) is 5.32. The van der Waals surface area contributed by atoms with Gasteiger partial charge in [0, 0.05) is 23.0 Å². The molecule has 0 unspecified atom stereocenters. The van der Waals surface area contributed by atoms with Crippen LogP contribution in [0.1, 0.15) is 63.2 Å². The summed E-state index contributed by atoms with van der Waals surface area (Å²) in [4.78, 5) is 40.9. The Morgan fingerprint density at radius 3 is 2.77 bits per heavy atom. The van der Waals surface area contributed by atoms with Gasteiger partial charge in [0.1, 0.15) is 5.01 Å². The fourth-order valence-corrected chi connectivity index (χ4v) is 4.23. The maximum absolute atomic E-state index is 12.7. The SMILES string of the molecule is C/C1=C\CC(=O)/C=C/C=Cc2csc(n2)[C@@H](C)NC(=O)C[C@@](S)([C@@H](C)C(=O)O)CC1. The molecule has 30 heavy (non-hydrogen) atoms. The van der Waals surface area contributed by atoms with Crippen LogP contribution in [0.25, 0.3) is 6.08 Å². The van der Waals surface area contributed by atoms with Crippen LogP contribution in [0.5, 0.6) is 0 Å². The summed E-state index contributed by atoms with van der Waals surface area (Å²) in [5.74, 6) is -2.10. The molecule has 1 aromatic heterocycles. The van der Waals surface area contributed by atoms with E-state index in [1.165, 1.54) is 17.4 Å². The second-order valence-corrected chi connectivity index (χ2v) is 9.46. The molecule has 0 radical (unpaired) electrons. The highest BCUT2D eigenvalue weighted by Crippen LogP contribution is 2.36. The Balaban J connectivity index is 2.32.